The lowest BCUT2D eigenvalue weighted by Crippen LogP contribution is -2.46. The number of halogens is 2. The molecule has 0 fully saturated rings. The first-order valence-corrected chi connectivity index (χ1v) is 9.86. The van der Waals surface area contributed by atoms with Gasteiger partial charge in [-0.15, -0.1) is 0 Å². The number of nitrogens with zero attached hydrogens (tertiary/aromatic N) is 1. The monoisotopic (exact) mass is 433 g/mol. The van der Waals surface area contributed by atoms with E-state index in [2.05, 4.69) is 0 Å². The Hall–Kier alpha value is -3.16. The van der Waals surface area contributed by atoms with Gasteiger partial charge in [0.15, 0.2) is 17.7 Å². The molecular formula is C23H25F2NO5. The molecule has 3 rings (SSSR count). The van der Waals surface area contributed by atoms with Gasteiger partial charge in [-0.2, -0.15) is 0 Å². The van der Waals surface area contributed by atoms with E-state index < -0.39 is 35.3 Å². The van der Waals surface area contributed by atoms with Gasteiger partial charge < -0.3 is 14.2 Å². The van der Waals surface area contributed by atoms with Crippen LogP contribution in [-0.2, 0) is 27.3 Å². The Labute approximate surface area is 179 Å². The third kappa shape index (κ3) is 5.13. The molecule has 0 aromatic heterocycles. The molecule has 1 atom stereocenters. The molecule has 1 aliphatic rings. The third-order valence-corrected chi connectivity index (χ3v) is 4.82. The van der Waals surface area contributed by atoms with E-state index in [-0.39, 0.29) is 18.7 Å². The second-order valence-corrected chi connectivity index (χ2v) is 8.21. The van der Waals surface area contributed by atoms with Gasteiger partial charge in [0.05, 0.1) is 7.11 Å². The van der Waals surface area contributed by atoms with Crippen LogP contribution in [0.4, 0.5) is 13.6 Å². The summed E-state index contributed by atoms with van der Waals surface area (Å²) < 4.78 is 43.2. The van der Waals surface area contributed by atoms with Gasteiger partial charge in [0.2, 0.25) is 0 Å². The zero-order chi connectivity index (χ0) is 22.8. The SMILES string of the molecule is COC(=O)[C@H]1c2ccc(OCc3cccc(F)c3F)cc2CCN1C(=O)OC(C)(C)C. The van der Waals surface area contributed by atoms with Gasteiger partial charge in [-0.25, -0.2) is 18.4 Å². The van der Waals surface area contributed by atoms with Crippen molar-refractivity contribution in [1.82, 2.24) is 4.90 Å². The number of esters is 1. The molecule has 2 aromatic carbocycles. The summed E-state index contributed by atoms with van der Waals surface area (Å²) in [5, 5.41) is 0. The first kappa shape index (κ1) is 22.5. The van der Waals surface area contributed by atoms with Crippen LogP contribution in [-0.4, -0.2) is 36.2 Å². The Kier molecular flexibility index (Phi) is 6.48. The number of hydrogen-bond acceptors (Lipinski definition) is 5. The lowest BCUT2D eigenvalue weighted by atomic mass is 9.92. The fraction of sp³-hybridized carbons (Fsp3) is 0.391. The minimum absolute atomic E-state index is 0.0984. The van der Waals surface area contributed by atoms with Crippen molar-refractivity contribution in [3.8, 4) is 5.75 Å². The summed E-state index contributed by atoms with van der Waals surface area (Å²) in [4.78, 5) is 26.5. The number of ether oxygens (including phenoxy) is 3. The molecule has 0 saturated heterocycles. The molecule has 1 aliphatic heterocycles. The topological polar surface area (TPSA) is 65.1 Å². The molecule has 0 bridgehead atoms. The minimum atomic E-state index is -0.946. The molecule has 0 aliphatic carbocycles. The van der Waals surface area contributed by atoms with E-state index in [1.54, 1.807) is 39.0 Å². The summed E-state index contributed by atoms with van der Waals surface area (Å²) in [5.41, 5.74) is 0.795. The molecule has 31 heavy (non-hydrogen) atoms. The summed E-state index contributed by atoms with van der Waals surface area (Å²) in [6.45, 7) is 5.36. The molecule has 1 amide bonds. The predicted octanol–water partition coefficient (Wildman–Crippen LogP) is 4.55. The van der Waals surface area contributed by atoms with Crippen LogP contribution in [0, 0.1) is 11.6 Å². The maximum atomic E-state index is 13.8. The van der Waals surface area contributed by atoms with E-state index in [1.807, 2.05) is 0 Å². The van der Waals surface area contributed by atoms with Crippen LogP contribution in [0.15, 0.2) is 36.4 Å². The molecule has 0 N–H and O–H groups in total. The molecular weight excluding hydrogens is 408 g/mol. The first-order chi connectivity index (χ1) is 14.6. The number of carbonyl (C=O) groups excluding carboxylic acids is 2. The van der Waals surface area contributed by atoms with Crippen LogP contribution in [0.5, 0.6) is 5.75 Å². The van der Waals surface area contributed by atoms with Crippen molar-refractivity contribution in [2.45, 2.75) is 45.4 Å². The predicted molar refractivity (Wildman–Crippen MR) is 109 cm³/mol. The Bertz CT molecular complexity index is 986. The first-order valence-electron chi connectivity index (χ1n) is 9.86. The highest BCUT2D eigenvalue weighted by Crippen LogP contribution is 2.34. The molecule has 0 spiro atoms. The van der Waals surface area contributed by atoms with Gasteiger partial charge in [0.25, 0.3) is 0 Å². The molecule has 1 heterocycles. The number of hydrogen-bond donors (Lipinski definition) is 0. The molecule has 0 radical (unpaired) electrons. The van der Waals surface area contributed by atoms with Crippen LogP contribution in [0.2, 0.25) is 0 Å². The molecule has 0 saturated carbocycles. The zero-order valence-corrected chi connectivity index (χ0v) is 17.9. The van der Waals surface area contributed by atoms with Gasteiger partial charge >= 0.3 is 12.1 Å². The van der Waals surface area contributed by atoms with Gasteiger partial charge in [-0.3, -0.25) is 4.90 Å². The Morgan fingerprint density at radius 3 is 2.58 bits per heavy atom. The lowest BCUT2D eigenvalue weighted by molar-refractivity contribution is -0.147. The van der Waals surface area contributed by atoms with Crippen LogP contribution in [0.3, 0.4) is 0 Å². The standard InChI is InChI=1S/C23H25F2NO5/c1-23(2,3)31-22(28)26-11-10-14-12-16(8-9-17(14)20(26)21(27)29-4)30-13-15-6-5-7-18(24)19(15)25/h5-9,12,20H,10-11,13H2,1-4H3/t20-/m1/s1. The molecule has 8 heteroatoms. The van der Waals surface area contributed by atoms with Crippen LogP contribution in [0.1, 0.15) is 43.5 Å². The largest absolute Gasteiger partial charge is 0.489 e. The normalized spacial score (nSPS) is 15.8. The van der Waals surface area contributed by atoms with Crippen LogP contribution >= 0.6 is 0 Å². The van der Waals surface area contributed by atoms with Gasteiger partial charge in [0.1, 0.15) is 18.0 Å². The summed E-state index contributed by atoms with van der Waals surface area (Å²) in [7, 11) is 1.26. The maximum Gasteiger partial charge on any atom is 0.411 e. The summed E-state index contributed by atoms with van der Waals surface area (Å²) in [6, 6.07) is 7.97. The number of methoxy groups -OCH3 is 1. The van der Waals surface area contributed by atoms with E-state index in [1.165, 1.54) is 24.1 Å². The zero-order valence-electron chi connectivity index (χ0n) is 17.9. The van der Waals surface area contributed by atoms with E-state index in [0.29, 0.717) is 17.7 Å². The minimum Gasteiger partial charge on any atom is -0.489 e. The van der Waals surface area contributed by atoms with Crippen LogP contribution in [0.25, 0.3) is 0 Å². The van der Waals surface area contributed by atoms with Crippen molar-refractivity contribution in [1.29, 1.82) is 0 Å². The number of benzene rings is 2. The van der Waals surface area contributed by atoms with Gasteiger partial charge in [-0.05, 0) is 56.5 Å². The van der Waals surface area contributed by atoms with E-state index in [4.69, 9.17) is 14.2 Å². The van der Waals surface area contributed by atoms with Crippen molar-refractivity contribution >= 4 is 12.1 Å². The number of rotatable bonds is 4. The average Bonchev–Trinajstić information content (AvgIpc) is 2.72. The highest BCUT2D eigenvalue weighted by molar-refractivity contribution is 5.84. The highest BCUT2D eigenvalue weighted by Gasteiger charge is 2.39. The Morgan fingerprint density at radius 1 is 1.16 bits per heavy atom. The lowest BCUT2D eigenvalue weighted by Gasteiger charge is -2.36. The molecule has 166 valence electrons. The van der Waals surface area contributed by atoms with Gasteiger partial charge in [0, 0.05) is 12.1 Å². The molecule has 6 nitrogen and oxygen atoms in total. The van der Waals surface area contributed by atoms with Crippen molar-refractivity contribution in [3.63, 3.8) is 0 Å². The van der Waals surface area contributed by atoms with Crippen LogP contribution < -0.4 is 4.74 Å². The fourth-order valence-corrected chi connectivity index (χ4v) is 3.40. The summed E-state index contributed by atoms with van der Waals surface area (Å²) >= 11 is 0. The Balaban J connectivity index is 1.83. The third-order valence-electron chi connectivity index (χ3n) is 4.82. The number of carbonyl (C=O) groups is 2. The Morgan fingerprint density at radius 2 is 1.90 bits per heavy atom. The second-order valence-electron chi connectivity index (χ2n) is 8.21. The van der Waals surface area contributed by atoms with E-state index >= 15 is 0 Å². The van der Waals surface area contributed by atoms with Gasteiger partial charge in [-0.1, -0.05) is 18.2 Å². The summed E-state index contributed by atoms with van der Waals surface area (Å²) in [5.74, 6) is -2.02. The molecule has 0 unspecified atom stereocenters. The highest BCUT2D eigenvalue weighted by atomic mass is 19.2. The number of amides is 1. The van der Waals surface area contributed by atoms with E-state index in [9.17, 15) is 18.4 Å². The molecule has 2 aromatic rings. The fourth-order valence-electron chi connectivity index (χ4n) is 3.40. The summed E-state index contributed by atoms with van der Waals surface area (Å²) in [6.07, 6.45) is -0.136. The van der Waals surface area contributed by atoms with Crippen molar-refractivity contribution < 1.29 is 32.6 Å². The second kappa shape index (κ2) is 8.91. The van der Waals surface area contributed by atoms with E-state index in [0.717, 1.165) is 11.6 Å². The smallest absolute Gasteiger partial charge is 0.411 e. The maximum absolute atomic E-state index is 13.8. The number of fused-ring (bicyclic) bond motifs is 1. The van der Waals surface area contributed by atoms with Crippen molar-refractivity contribution in [2.24, 2.45) is 0 Å². The van der Waals surface area contributed by atoms with Crippen molar-refractivity contribution in [3.05, 3.63) is 64.7 Å². The quantitative estimate of drug-likeness (QED) is 0.662. The van der Waals surface area contributed by atoms with Crippen molar-refractivity contribution in [2.75, 3.05) is 13.7 Å². The average molecular weight is 433 g/mol.